The van der Waals surface area contributed by atoms with Crippen LogP contribution < -0.4 is 0 Å². The summed E-state index contributed by atoms with van der Waals surface area (Å²) in [6, 6.07) is 12.3. The van der Waals surface area contributed by atoms with Crippen molar-refractivity contribution in [1.82, 2.24) is 9.97 Å². The van der Waals surface area contributed by atoms with Gasteiger partial charge in [-0.1, -0.05) is 45.9 Å². The highest BCUT2D eigenvalue weighted by molar-refractivity contribution is 7.18. The van der Waals surface area contributed by atoms with Gasteiger partial charge in [0.15, 0.2) is 0 Å². The van der Waals surface area contributed by atoms with E-state index in [0.29, 0.717) is 11.8 Å². The Kier molecular flexibility index (Phi) is 5.45. The summed E-state index contributed by atoms with van der Waals surface area (Å²) >= 11 is 1.79. The minimum atomic E-state index is 0.544. The van der Waals surface area contributed by atoms with E-state index in [9.17, 15) is 0 Å². The Labute approximate surface area is 130 Å². The third-order valence-electron chi connectivity index (χ3n) is 3.16. The number of nitrogens with zero attached hydrogens (tertiary/aromatic N) is 2. The zero-order chi connectivity index (χ0) is 15.2. The first-order valence-electron chi connectivity index (χ1n) is 7.33. The largest absolute Gasteiger partial charge is 0.264 e. The number of rotatable bonds is 2. The molecule has 0 radical (unpaired) electrons. The van der Waals surface area contributed by atoms with Gasteiger partial charge in [0.25, 0.3) is 0 Å². The van der Waals surface area contributed by atoms with Crippen LogP contribution in [0.5, 0.6) is 0 Å². The highest BCUT2D eigenvalue weighted by atomic mass is 32.1. The lowest BCUT2D eigenvalue weighted by atomic mass is 10.1. The number of hydrogen-bond donors (Lipinski definition) is 0. The van der Waals surface area contributed by atoms with Crippen molar-refractivity contribution >= 4 is 21.6 Å². The predicted molar refractivity (Wildman–Crippen MR) is 92.0 cm³/mol. The molecule has 0 spiro atoms. The Morgan fingerprint density at radius 3 is 2.19 bits per heavy atom. The normalized spacial score (nSPS) is 10.8. The number of hydrogen-bond acceptors (Lipinski definition) is 3. The topological polar surface area (TPSA) is 25.8 Å². The van der Waals surface area contributed by atoms with Crippen LogP contribution in [0.15, 0.2) is 48.8 Å². The lowest BCUT2D eigenvalue weighted by Crippen LogP contribution is -1.85. The van der Waals surface area contributed by atoms with E-state index in [-0.39, 0.29) is 0 Å². The van der Waals surface area contributed by atoms with Crippen molar-refractivity contribution in [3.63, 3.8) is 0 Å². The van der Waals surface area contributed by atoms with E-state index in [0.717, 1.165) is 5.52 Å². The number of thiazole rings is 1. The molecule has 110 valence electrons. The molecule has 3 heteroatoms. The average Bonchev–Trinajstić information content (AvgIpc) is 2.93. The number of fused-ring (bicyclic) bond motifs is 1. The molecule has 0 saturated heterocycles. The molecule has 21 heavy (non-hydrogen) atoms. The fraction of sp³-hybridized carbons (Fsp3) is 0.333. The Hall–Kier alpha value is -1.74. The SMILES string of the molecule is CC(C)c1cccnc1.CC(C)c1nc2ccccc2s1. The number of pyridine rings is 1. The fourth-order valence-corrected chi connectivity index (χ4v) is 2.82. The third kappa shape index (κ3) is 4.36. The van der Waals surface area contributed by atoms with Crippen LogP contribution in [0.2, 0.25) is 0 Å². The van der Waals surface area contributed by atoms with Crippen LogP contribution in [-0.4, -0.2) is 9.97 Å². The van der Waals surface area contributed by atoms with Gasteiger partial charge in [0.1, 0.15) is 0 Å². The van der Waals surface area contributed by atoms with Crippen molar-refractivity contribution < 1.29 is 0 Å². The number of aromatic nitrogens is 2. The molecule has 0 bridgehead atoms. The maximum Gasteiger partial charge on any atom is 0.0963 e. The zero-order valence-electron chi connectivity index (χ0n) is 13.1. The Bertz CT molecular complexity index is 639. The molecule has 0 aliphatic heterocycles. The molecule has 0 fully saturated rings. The van der Waals surface area contributed by atoms with Crippen molar-refractivity contribution in [2.75, 3.05) is 0 Å². The van der Waals surface area contributed by atoms with Gasteiger partial charge in [-0.25, -0.2) is 4.98 Å². The minimum absolute atomic E-state index is 0.544. The van der Waals surface area contributed by atoms with Gasteiger partial charge < -0.3 is 0 Å². The molecule has 1 aromatic carbocycles. The summed E-state index contributed by atoms with van der Waals surface area (Å²) in [5.74, 6) is 1.14. The maximum atomic E-state index is 4.53. The molecular weight excluding hydrogens is 276 g/mol. The first-order chi connectivity index (χ1) is 10.1. The second-order valence-corrected chi connectivity index (χ2v) is 6.68. The lowest BCUT2D eigenvalue weighted by molar-refractivity contribution is 0.857. The van der Waals surface area contributed by atoms with Gasteiger partial charge in [0, 0.05) is 18.3 Å². The summed E-state index contributed by atoms with van der Waals surface area (Å²) in [5, 5.41) is 1.23. The second-order valence-electron chi connectivity index (χ2n) is 5.62. The van der Waals surface area contributed by atoms with Crippen LogP contribution in [0.3, 0.4) is 0 Å². The molecule has 0 N–H and O–H groups in total. The van der Waals surface area contributed by atoms with Crippen molar-refractivity contribution in [1.29, 1.82) is 0 Å². The van der Waals surface area contributed by atoms with Crippen LogP contribution in [0, 0.1) is 0 Å². The van der Waals surface area contributed by atoms with Gasteiger partial charge in [-0.3, -0.25) is 4.98 Å². The summed E-state index contributed by atoms with van der Waals surface area (Å²) < 4.78 is 1.29. The summed E-state index contributed by atoms with van der Waals surface area (Å²) in [5.41, 5.74) is 2.43. The van der Waals surface area contributed by atoms with E-state index in [2.05, 4.69) is 61.9 Å². The molecule has 0 amide bonds. The molecular formula is C18H22N2S. The molecule has 0 unspecified atom stereocenters. The molecule has 2 aromatic heterocycles. The van der Waals surface area contributed by atoms with Crippen molar-refractivity contribution in [2.45, 2.75) is 39.5 Å². The number of benzene rings is 1. The van der Waals surface area contributed by atoms with Crippen LogP contribution >= 0.6 is 11.3 Å². The Balaban J connectivity index is 0.000000161. The maximum absolute atomic E-state index is 4.53. The third-order valence-corrected chi connectivity index (χ3v) is 4.49. The van der Waals surface area contributed by atoms with Crippen LogP contribution in [0.25, 0.3) is 10.2 Å². The molecule has 0 atom stereocenters. The van der Waals surface area contributed by atoms with Crippen LogP contribution in [-0.2, 0) is 0 Å². The molecule has 0 aliphatic carbocycles. The smallest absolute Gasteiger partial charge is 0.0963 e. The van der Waals surface area contributed by atoms with E-state index < -0.39 is 0 Å². The highest BCUT2D eigenvalue weighted by Gasteiger charge is 2.05. The first-order valence-corrected chi connectivity index (χ1v) is 8.15. The number of para-hydroxylation sites is 1. The Morgan fingerprint density at radius 2 is 1.67 bits per heavy atom. The standard InChI is InChI=1S/C10H11NS.C8H11N/c1-7(2)10-11-8-5-3-4-6-9(8)12-10;1-7(2)8-4-3-5-9-6-8/h3-7H,1-2H3;3-7H,1-2H3. The Morgan fingerprint density at radius 1 is 0.905 bits per heavy atom. The average molecular weight is 298 g/mol. The van der Waals surface area contributed by atoms with Gasteiger partial charge in [-0.05, 0) is 29.7 Å². The summed E-state index contributed by atoms with van der Waals surface area (Å²) in [6.45, 7) is 8.68. The molecule has 2 heterocycles. The van der Waals surface area contributed by atoms with Gasteiger partial charge in [-0.2, -0.15) is 0 Å². The quantitative estimate of drug-likeness (QED) is 0.613. The van der Waals surface area contributed by atoms with E-state index in [4.69, 9.17) is 0 Å². The predicted octanol–water partition coefficient (Wildman–Crippen LogP) is 5.62. The summed E-state index contributed by atoms with van der Waals surface area (Å²) in [6.07, 6.45) is 3.70. The van der Waals surface area contributed by atoms with E-state index in [1.165, 1.54) is 15.3 Å². The summed E-state index contributed by atoms with van der Waals surface area (Å²) in [4.78, 5) is 8.54. The minimum Gasteiger partial charge on any atom is -0.264 e. The van der Waals surface area contributed by atoms with E-state index >= 15 is 0 Å². The fourth-order valence-electron chi connectivity index (χ4n) is 1.85. The highest BCUT2D eigenvalue weighted by Crippen LogP contribution is 2.26. The molecule has 2 nitrogen and oxygen atoms in total. The van der Waals surface area contributed by atoms with Gasteiger partial charge in [0.2, 0.25) is 0 Å². The second kappa shape index (κ2) is 7.32. The van der Waals surface area contributed by atoms with Gasteiger partial charge >= 0.3 is 0 Å². The lowest BCUT2D eigenvalue weighted by Gasteiger charge is -2.00. The first kappa shape index (κ1) is 15.6. The molecule has 0 aliphatic rings. The molecule has 0 saturated carbocycles. The van der Waals surface area contributed by atoms with E-state index in [1.54, 1.807) is 17.5 Å². The van der Waals surface area contributed by atoms with Crippen molar-refractivity contribution in [3.8, 4) is 0 Å². The van der Waals surface area contributed by atoms with Gasteiger partial charge in [0.05, 0.1) is 15.2 Å². The monoisotopic (exact) mass is 298 g/mol. The van der Waals surface area contributed by atoms with Crippen molar-refractivity contribution in [3.05, 3.63) is 59.4 Å². The zero-order valence-corrected chi connectivity index (χ0v) is 13.9. The van der Waals surface area contributed by atoms with Crippen LogP contribution in [0.1, 0.15) is 50.1 Å². The molecule has 3 rings (SSSR count). The van der Waals surface area contributed by atoms with Crippen molar-refractivity contribution in [2.24, 2.45) is 0 Å². The molecule has 3 aromatic rings. The van der Waals surface area contributed by atoms with Gasteiger partial charge in [-0.15, -0.1) is 11.3 Å². The van der Waals surface area contributed by atoms with Crippen LogP contribution in [0.4, 0.5) is 0 Å². The summed E-state index contributed by atoms with van der Waals surface area (Å²) in [7, 11) is 0. The van der Waals surface area contributed by atoms with E-state index in [1.807, 2.05) is 18.3 Å².